The van der Waals surface area contributed by atoms with Crippen LogP contribution in [0.1, 0.15) is 101 Å². The fraction of sp³-hybridized carbons (Fsp3) is 0.667. The van der Waals surface area contributed by atoms with Gasteiger partial charge in [0.15, 0.2) is 5.83 Å². The second-order valence-corrected chi connectivity index (χ2v) is 9.52. The average molecular weight is 396 g/mol. The number of benzene rings is 1. The Morgan fingerprint density at radius 3 is 1.93 bits per heavy atom. The normalized spacial score (nSPS) is 28.1. The van der Waals surface area contributed by atoms with Gasteiger partial charge in [-0.25, -0.2) is 0 Å². The molecule has 2 aliphatic rings. The maximum Gasteiger partial charge on any atom is 0.196 e. The van der Waals surface area contributed by atoms with E-state index in [1.807, 2.05) is 0 Å². The van der Waals surface area contributed by atoms with Crippen molar-refractivity contribution in [2.75, 3.05) is 0 Å². The fourth-order valence-electron chi connectivity index (χ4n) is 5.58. The highest BCUT2D eigenvalue weighted by molar-refractivity contribution is 5.25. The summed E-state index contributed by atoms with van der Waals surface area (Å²) >= 11 is 0. The molecule has 0 amide bonds. The van der Waals surface area contributed by atoms with Crippen molar-refractivity contribution in [3.8, 4) is 6.07 Å². The van der Waals surface area contributed by atoms with E-state index in [0.717, 1.165) is 42.9 Å². The van der Waals surface area contributed by atoms with E-state index < -0.39 is 5.83 Å². The minimum atomic E-state index is -0.619. The molecule has 0 aromatic heterocycles. The zero-order valence-corrected chi connectivity index (χ0v) is 18.2. The lowest BCUT2D eigenvalue weighted by Crippen LogP contribution is -2.17. The predicted molar refractivity (Wildman–Crippen MR) is 119 cm³/mol. The van der Waals surface area contributed by atoms with Crippen LogP contribution in [0.15, 0.2) is 36.2 Å². The summed E-state index contributed by atoms with van der Waals surface area (Å²) in [6, 6.07) is 10.9. The first-order valence-electron chi connectivity index (χ1n) is 12.0. The summed E-state index contributed by atoms with van der Waals surface area (Å²) in [4.78, 5) is 0. The van der Waals surface area contributed by atoms with Crippen molar-refractivity contribution in [3.05, 3.63) is 47.3 Å². The maximum absolute atomic E-state index is 12.9. The van der Waals surface area contributed by atoms with E-state index in [1.54, 1.807) is 11.6 Å². The summed E-state index contributed by atoms with van der Waals surface area (Å²) < 4.78 is 12.9. The highest BCUT2D eigenvalue weighted by atomic mass is 19.1. The molecule has 0 spiro atoms. The Kier molecular flexibility index (Phi) is 8.78. The molecule has 1 aromatic rings. The molecular weight excluding hydrogens is 357 g/mol. The SMILES string of the molecule is CCc1ccc(C2CCC(CCC3CCC(CC/C=C(\F)C#N)CC3)CC2)cc1. The third kappa shape index (κ3) is 6.98. The second kappa shape index (κ2) is 11.5. The topological polar surface area (TPSA) is 23.8 Å². The van der Waals surface area contributed by atoms with Crippen LogP contribution in [0, 0.1) is 29.1 Å². The van der Waals surface area contributed by atoms with Gasteiger partial charge in [-0.3, -0.25) is 0 Å². The van der Waals surface area contributed by atoms with Crippen molar-refractivity contribution in [1.29, 1.82) is 5.26 Å². The van der Waals surface area contributed by atoms with Gasteiger partial charge in [0, 0.05) is 0 Å². The lowest BCUT2D eigenvalue weighted by molar-refractivity contribution is 0.225. The van der Waals surface area contributed by atoms with Crippen molar-refractivity contribution in [2.45, 2.75) is 96.3 Å². The molecule has 0 N–H and O–H groups in total. The standard InChI is InChI=1S/C27H38FN/c1-2-21-12-16-25(17-13-21)26-18-14-24(15-19-26)11-10-23-8-6-22(7-9-23)4-3-5-27(28)20-29/h5,12-13,16-17,22-24,26H,2-4,6-11,14-15,18-19H2,1H3/b27-5-. The van der Waals surface area contributed by atoms with Gasteiger partial charge in [-0.2, -0.15) is 9.65 Å². The van der Waals surface area contributed by atoms with E-state index in [-0.39, 0.29) is 0 Å². The summed E-state index contributed by atoms with van der Waals surface area (Å²) in [5.41, 5.74) is 3.01. The number of hydrogen-bond acceptors (Lipinski definition) is 1. The van der Waals surface area contributed by atoms with Crippen molar-refractivity contribution in [3.63, 3.8) is 0 Å². The van der Waals surface area contributed by atoms with Gasteiger partial charge in [-0.1, -0.05) is 69.7 Å². The molecule has 0 saturated heterocycles. The number of nitriles is 1. The first kappa shape index (κ1) is 22.1. The van der Waals surface area contributed by atoms with Crippen LogP contribution < -0.4 is 0 Å². The zero-order valence-electron chi connectivity index (χ0n) is 18.2. The summed E-state index contributed by atoms with van der Waals surface area (Å²) in [6.07, 6.45) is 18.1. The Hall–Kier alpha value is -1.62. The van der Waals surface area contributed by atoms with Gasteiger partial charge in [-0.15, -0.1) is 0 Å². The van der Waals surface area contributed by atoms with Crippen molar-refractivity contribution in [1.82, 2.24) is 0 Å². The Morgan fingerprint density at radius 1 is 0.897 bits per heavy atom. The van der Waals surface area contributed by atoms with E-state index in [9.17, 15) is 4.39 Å². The molecule has 29 heavy (non-hydrogen) atoms. The molecule has 0 atom stereocenters. The third-order valence-corrected chi connectivity index (χ3v) is 7.66. The van der Waals surface area contributed by atoms with Gasteiger partial charge in [-0.05, 0) is 85.8 Å². The number of aryl methyl sites for hydroxylation is 1. The van der Waals surface area contributed by atoms with E-state index in [0.29, 0.717) is 0 Å². The minimum Gasteiger partial charge on any atom is -0.195 e. The van der Waals surface area contributed by atoms with E-state index >= 15 is 0 Å². The summed E-state index contributed by atoms with van der Waals surface area (Å²) in [6.45, 7) is 2.22. The fourth-order valence-corrected chi connectivity index (χ4v) is 5.58. The van der Waals surface area contributed by atoms with Crippen LogP contribution in [0.4, 0.5) is 4.39 Å². The van der Waals surface area contributed by atoms with E-state index in [4.69, 9.17) is 5.26 Å². The van der Waals surface area contributed by atoms with Crippen LogP contribution >= 0.6 is 0 Å². The molecule has 158 valence electrons. The molecule has 0 bridgehead atoms. The first-order valence-corrected chi connectivity index (χ1v) is 12.0. The number of allylic oxidation sites excluding steroid dienone is 2. The average Bonchev–Trinajstić information content (AvgIpc) is 2.79. The molecule has 2 saturated carbocycles. The lowest BCUT2D eigenvalue weighted by atomic mass is 9.74. The highest BCUT2D eigenvalue weighted by Crippen LogP contribution is 2.40. The first-order chi connectivity index (χ1) is 14.2. The Bertz CT molecular complexity index is 667. The molecule has 2 heteroatoms. The van der Waals surface area contributed by atoms with Gasteiger partial charge in [0.2, 0.25) is 0 Å². The maximum atomic E-state index is 12.9. The van der Waals surface area contributed by atoms with Gasteiger partial charge >= 0.3 is 0 Å². The highest BCUT2D eigenvalue weighted by Gasteiger charge is 2.25. The van der Waals surface area contributed by atoms with Crippen molar-refractivity contribution in [2.24, 2.45) is 17.8 Å². The van der Waals surface area contributed by atoms with Crippen LogP contribution in [0.2, 0.25) is 0 Å². The number of nitrogens with zero attached hydrogens (tertiary/aromatic N) is 1. The van der Waals surface area contributed by atoms with Crippen LogP contribution in [-0.4, -0.2) is 0 Å². The van der Waals surface area contributed by atoms with Crippen molar-refractivity contribution < 1.29 is 4.39 Å². The smallest absolute Gasteiger partial charge is 0.195 e. The Morgan fingerprint density at radius 2 is 1.41 bits per heavy atom. The van der Waals surface area contributed by atoms with Crippen LogP contribution in [-0.2, 0) is 6.42 Å². The predicted octanol–water partition coefficient (Wildman–Crippen LogP) is 8.27. The third-order valence-electron chi connectivity index (χ3n) is 7.66. The molecule has 0 unspecified atom stereocenters. The Balaban J connectivity index is 1.30. The molecule has 3 rings (SSSR count). The van der Waals surface area contributed by atoms with Crippen LogP contribution in [0.5, 0.6) is 0 Å². The number of halogens is 1. The lowest BCUT2D eigenvalue weighted by Gasteiger charge is -2.32. The Labute approximate surface area is 177 Å². The summed E-state index contributed by atoms with van der Waals surface area (Å²) in [5, 5.41) is 8.47. The van der Waals surface area contributed by atoms with Crippen molar-refractivity contribution >= 4 is 0 Å². The number of hydrogen-bond donors (Lipinski definition) is 0. The second-order valence-electron chi connectivity index (χ2n) is 9.52. The van der Waals surface area contributed by atoms with Crippen LogP contribution in [0.25, 0.3) is 0 Å². The number of rotatable bonds is 8. The van der Waals surface area contributed by atoms with Gasteiger partial charge in [0.25, 0.3) is 0 Å². The van der Waals surface area contributed by atoms with Gasteiger partial charge < -0.3 is 0 Å². The molecule has 2 aliphatic carbocycles. The van der Waals surface area contributed by atoms with E-state index in [2.05, 4.69) is 31.2 Å². The summed E-state index contributed by atoms with van der Waals surface area (Å²) in [5.74, 6) is 2.76. The molecule has 0 aliphatic heterocycles. The van der Waals surface area contributed by atoms with Gasteiger partial charge in [0.1, 0.15) is 6.07 Å². The molecule has 1 nitrogen and oxygen atoms in total. The van der Waals surface area contributed by atoms with Gasteiger partial charge in [0.05, 0.1) is 0 Å². The monoisotopic (exact) mass is 395 g/mol. The molecule has 0 radical (unpaired) electrons. The zero-order chi connectivity index (χ0) is 20.5. The largest absolute Gasteiger partial charge is 0.196 e. The minimum absolute atomic E-state index is 0.619. The molecule has 2 fully saturated rings. The molecule has 1 aromatic carbocycles. The summed E-state index contributed by atoms with van der Waals surface area (Å²) in [7, 11) is 0. The van der Waals surface area contributed by atoms with E-state index in [1.165, 1.54) is 75.8 Å². The quantitative estimate of drug-likeness (QED) is 0.406. The molecular formula is C27H38FN. The van der Waals surface area contributed by atoms with Crippen LogP contribution in [0.3, 0.4) is 0 Å². The molecule has 0 heterocycles.